The minimum atomic E-state index is -1.31. The fraction of sp³-hybridized carbons (Fsp3) is 0.538. The molecule has 1 radical (unpaired) electrons. The minimum Gasteiger partial charge on any atom is -0.203 e. The summed E-state index contributed by atoms with van der Waals surface area (Å²) in [4.78, 5) is 0. The molecular weight excluding hydrogens is 243 g/mol. The lowest BCUT2D eigenvalue weighted by Gasteiger charge is -2.32. The molecule has 0 aliphatic heterocycles. The Balaban J connectivity index is 3.69. The Bertz CT molecular complexity index is 416. The SMILES string of the molecule is C[B]C(CC)(CC)c1c(F)c(F)c(C)c(F)c1F. The van der Waals surface area contributed by atoms with E-state index in [1.165, 1.54) is 0 Å². The smallest absolute Gasteiger partial charge is 0.165 e. The molecule has 0 saturated heterocycles. The molecule has 1 rings (SSSR count). The molecule has 0 fully saturated rings. The van der Waals surface area contributed by atoms with Crippen LogP contribution in [-0.4, -0.2) is 7.28 Å². The van der Waals surface area contributed by atoms with Gasteiger partial charge in [0.25, 0.3) is 0 Å². The van der Waals surface area contributed by atoms with Crippen LogP contribution in [0.4, 0.5) is 17.6 Å². The third kappa shape index (κ3) is 2.04. The van der Waals surface area contributed by atoms with Gasteiger partial charge in [0.1, 0.15) is 7.28 Å². The highest BCUT2D eigenvalue weighted by Gasteiger charge is 2.36. The second-order valence-corrected chi connectivity index (χ2v) is 4.41. The molecule has 0 heterocycles. The van der Waals surface area contributed by atoms with E-state index in [0.717, 1.165) is 6.92 Å². The van der Waals surface area contributed by atoms with Crippen LogP contribution in [0.1, 0.15) is 37.8 Å². The standard InChI is InChI=1S/C13H16BF4/c1-5-13(6-2,14-4)8-11(17)9(15)7(3)10(16)12(8)18/h5-6H2,1-4H3. The lowest BCUT2D eigenvalue weighted by molar-refractivity contribution is 0.398. The fourth-order valence-corrected chi connectivity index (χ4v) is 2.33. The van der Waals surface area contributed by atoms with Crippen molar-refractivity contribution in [2.45, 2.75) is 45.8 Å². The summed E-state index contributed by atoms with van der Waals surface area (Å²) < 4.78 is 55.1. The first-order chi connectivity index (χ1) is 8.36. The molecule has 0 bridgehead atoms. The second-order valence-electron chi connectivity index (χ2n) is 4.41. The van der Waals surface area contributed by atoms with Gasteiger partial charge in [-0.1, -0.05) is 33.5 Å². The molecule has 0 atom stereocenters. The topological polar surface area (TPSA) is 0 Å². The van der Waals surface area contributed by atoms with Crippen LogP contribution in [0.3, 0.4) is 0 Å². The van der Waals surface area contributed by atoms with E-state index in [-0.39, 0.29) is 0 Å². The van der Waals surface area contributed by atoms with Crippen molar-refractivity contribution in [3.8, 4) is 0 Å². The molecule has 99 valence electrons. The van der Waals surface area contributed by atoms with Crippen molar-refractivity contribution in [1.82, 2.24) is 0 Å². The van der Waals surface area contributed by atoms with Crippen LogP contribution < -0.4 is 0 Å². The van der Waals surface area contributed by atoms with Gasteiger partial charge in [0.05, 0.1) is 0 Å². The highest BCUT2D eigenvalue weighted by Crippen LogP contribution is 2.37. The van der Waals surface area contributed by atoms with E-state index in [1.54, 1.807) is 28.0 Å². The molecular formula is C13H16BF4. The molecule has 0 amide bonds. The molecule has 0 aliphatic carbocycles. The van der Waals surface area contributed by atoms with E-state index in [4.69, 9.17) is 0 Å². The summed E-state index contributed by atoms with van der Waals surface area (Å²) >= 11 is 0. The largest absolute Gasteiger partial charge is 0.203 e. The predicted octanol–water partition coefficient (Wildman–Crippen LogP) is 4.32. The Morgan fingerprint density at radius 3 is 1.56 bits per heavy atom. The van der Waals surface area contributed by atoms with Crippen molar-refractivity contribution in [2.75, 3.05) is 0 Å². The lowest BCUT2D eigenvalue weighted by Crippen LogP contribution is -2.34. The number of hydrogen-bond donors (Lipinski definition) is 0. The van der Waals surface area contributed by atoms with Crippen LogP contribution in [0.2, 0.25) is 6.82 Å². The Hall–Kier alpha value is -0.995. The average Bonchev–Trinajstić information content (AvgIpc) is 2.39. The number of rotatable bonds is 4. The van der Waals surface area contributed by atoms with Gasteiger partial charge in [-0.15, -0.1) is 0 Å². The van der Waals surface area contributed by atoms with Crippen LogP contribution in [-0.2, 0) is 5.31 Å². The van der Waals surface area contributed by atoms with Crippen molar-refractivity contribution in [3.05, 3.63) is 34.4 Å². The molecule has 0 saturated carbocycles. The van der Waals surface area contributed by atoms with Crippen molar-refractivity contribution >= 4 is 7.28 Å². The molecule has 18 heavy (non-hydrogen) atoms. The molecule has 0 N–H and O–H groups in total. The van der Waals surface area contributed by atoms with E-state index >= 15 is 0 Å². The van der Waals surface area contributed by atoms with Crippen molar-refractivity contribution in [2.24, 2.45) is 0 Å². The van der Waals surface area contributed by atoms with Gasteiger partial charge in [-0.3, -0.25) is 0 Å². The third-order valence-corrected chi connectivity index (χ3v) is 3.80. The zero-order valence-corrected chi connectivity index (χ0v) is 11.0. The van der Waals surface area contributed by atoms with Gasteiger partial charge >= 0.3 is 0 Å². The summed E-state index contributed by atoms with van der Waals surface area (Å²) in [7, 11) is 1.60. The second kappa shape index (κ2) is 5.33. The van der Waals surface area contributed by atoms with Crippen LogP contribution in [0, 0.1) is 30.2 Å². The van der Waals surface area contributed by atoms with E-state index in [9.17, 15) is 17.6 Å². The average molecular weight is 259 g/mol. The number of benzene rings is 1. The van der Waals surface area contributed by atoms with E-state index in [2.05, 4.69) is 0 Å². The van der Waals surface area contributed by atoms with E-state index in [1.807, 2.05) is 0 Å². The van der Waals surface area contributed by atoms with Gasteiger partial charge in [-0.25, -0.2) is 17.6 Å². The van der Waals surface area contributed by atoms with Crippen molar-refractivity contribution in [3.63, 3.8) is 0 Å². The minimum absolute atomic E-state index is 0.371. The quantitative estimate of drug-likeness (QED) is 0.429. The highest BCUT2D eigenvalue weighted by molar-refractivity contribution is 6.38. The monoisotopic (exact) mass is 259 g/mol. The molecule has 0 unspecified atom stereocenters. The van der Waals surface area contributed by atoms with Gasteiger partial charge in [-0.05, 0) is 12.2 Å². The normalized spacial score (nSPS) is 11.8. The van der Waals surface area contributed by atoms with Crippen molar-refractivity contribution < 1.29 is 17.6 Å². The zero-order valence-electron chi connectivity index (χ0n) is 11.0. The molecule has 1 aromatic carbocycles. The summed E-state index contributed by atoms with van der Waals surface area (Å²) in [5.41, 5.74) is -1.12. The maximum Gasteiger partial charge on any atom is 0.165 e. The maximum atomic E-state index is 14.0. The third-order valence-electron chi connectivity index (χ3n) is 3.80. The summed E-state index contributed by atoms with van der Waals surface area (Å²) in [6.45, 7) is 6.13. The predicted molar refractivity (Wildman–Crippen MR) is 64.9 cm³/mol. The van der Waals surface area contributed by atoms with Crippen LogP contribution >= 0.6 is 0 Å². The summed E-state index contributed by atoms with van der Waals surface area (Å²) in [5, 5.41) is -0.983. The fourth-order valence-electron chi connectivity index (χ4n) is 2.33. The molecule has 0 aliphatic rings. The highest BCUT2D eigenvalue weighted by atomic mass is 19.2. The Morgan fingerprint density at radius 1 is 0.889 bits per heavy atom. The summed E-state index contributed by atoms with van der Waals surface area (Å²) in [5.74, 6) is -5.18. The van der Waals surface area contributed by atoms with Crippen LogP contribution in [0.5, 0.6) is 0 Å². The molecule has 5 heteroatoms. The van der Waals surface area contributed by atoms with Gasteiger partial charge in [-0.2, -0.15) is 0 Å². The van der Waals surface area contributed by atoms with E-state index in [0.29, 0.717) is 12.8 Å². The number of hydrogen-bond acceptors (Lipinski definition) is 0. The Kier molecular flexibility index (Phi) is 4.46. The molecule has 1 aromatic rings. The molecule has 0 spiro atoms. The van der Waals surface area contributed by atoms with Gasteiger partial charge in [0, 0.05) is 11.1 Å². The maximum absolute atomic E-state index is 14.0. The van der Waals surface area contributed by atoms with Gasteiger partial charge < -0.3 is 0 Å². The van der Waals surface area contributed by atoms with Crippen LogP contribution in [0.15, 0.2) is 0 Å². The zero-order chi connectivity index (χ0) is 14.1. The van der Waals surface area contributed by atoms with Gasteiger partial charge in [0.2, 0.25) is 0 Å². The Labute approximate surface area is 106 Å². The molecule has 0 nitrogen and oxygen atoms in total. The molecule has 0 aromatic heterocycles. The van der Waals surface area contributed by atoms with Crippen molar-refractivity contribution in [1.29, 1.82) is 0 Å². The van der Waals surface area contributed by atoms with E-state index < -0.39 is 39.7 Å². The van der Waals surface area contributed by atoms with Crippen LogP contribution in [0.25, 0.3) is 0 Å². The first kappa shape index (κ1) is 15.1. The summed E-state index contributed by atoms with van der Waals surface area (Å²) in [6, 6.07) is 0. The first-order valence-electron chi connectivity index (χ1n) is 5.99. The lowest BCUT2D eigenvalue weighted by atomic mass is 9.48. The Morgan fingerprint density at radius 2 is 1.28 bits per heavy atom. The summed E-state index contributed by atoms with van der Waals surface area (Å²) in [6.07, 6.45) is 0.742. The first-order valence-corrected chi connectivity index (χ1v) is 5.99. The number of halogens is 4. The van der Waals surface area contributed by atoms with Gasteiger partial charge in [0.15, 0.2) is 23.3 Å².